The van der Waals surface area contributed by atoms with Crippen LogP contribution in [0, 0.1) is 11.6 Å². The molecule has 0 heterocycles. The van der Waals surface area contributed by atoms with Crippen LogP contribution in [-0.4, -0.2) is 7.11 Å². The molecule has 0 aromatic heterocycles. The Bertz CT molecular complexity index is 884. The van der Waals surface area contributed by atoms with E-state index in [0.29, 0.717) is 5.56 Å². The summed E-state index contributed by atoms with van der Waals surface area (Å²) in [6.07, 6.45) is 4.14. The van der Waals surface area contributed by atoms with Crippen LogP contribution in [0.25, 0.3) is 11.1 Å². The molecule has 0 saturated carbocycles. The van der Waals surface area contributed by atoms with Gasteiger partial charge in [0.1, 0.15) is 0 Å². The Morgan fingerprint density at radius 1 is 0.667 bits per heavy atom. The molecule has 27 heavy (non-hydrogen) atoms. The molecule has 0 spiro atoms. The Labute approximate surface area is 159 Å². The van der Waals surface area contributed by atoms with E-state index in [9.17, 15) is 8.78 Å². The molecule has 3 heteroatoms. The summed E-state index contributed by atoms with van der Waals surface area (Å²) in [5.74, 6) is -1.92. The molecule has 0 N–H and O–H groups in total. The first kappa shape index (κ1) is 19.1. The highest BCUT2D eigenvalue weighted by atomic mass is 19.2. The Hall–Kier alpha value is -2.68. The van der Waals surface area contributed by atoms with Gasteiger partial charge in [-0.1, -0.05) is 61.9 Å². The Balaban J connectivity index is 1.68. The van der Waals surface area contributed by atoms with E-state index in [-0.39, 0.29) is 11.3 Å². The number of methoxy groups -OCH3 is 1. The van der Waals surface area contributed by atoms with Gasteiger partial charge in [-0.3, -0.25) is 0 Å². The third-order valence-electron chi connectivity index (χ3n) is 4.80. The highest BCUT2D eigenvalue weighted by Gasteiger charge is 2.15. The minimum atomic E-state index is -0.953. The Morgan fingerprint density at radius 3 is 1.70 bits per heavy atom. The van der Waals surface area contributed by atoms with Crippen LogP contribution in [0.5, 0.6) is 5.75 Å². The summed E-state index contributed by atoms with van der Waals surface area (Å²) >= 11 is 0. The number of hydrogen-bond donors (Lipinski definition) is 0. The maximum Gasteiger partial charge on any atom is 0.201 e. The first-order valence-electron chi connectivity index (χ1n) is 9.31. The molecule has 3 aromatic rings. The minimum Gasteiger partial charge on any atom is -0.494 e. The predicted molar refractivity (Wildman–Crippen MR) is 106 cm³/mol. The van der Waals surface area contributed by atoms with E-state index in [1.165, 1.54) is 29.9 Å². The molecule has 0 amide bonds. The topological polar surface area (TPSA) is 9.23 Å². The second-order valence-corrected chi connectivity index (χ2v) is 6.71. The monoisotopic (exact) mass is 366 g/mol. The molecule has 3 aromatic carbocycles. The van der Waals surface area contributed by atoms with E-state index in [2.05, 4.69) is 31.2 Å². The molecule has 140 valence electrons. The van der Waals surface area contributed by atoms with Gasteiger partial charge in [-0.15, -0.1) is 0 Å². The zero-order valence-electron chi connectivity index (χ0n) is 15.8. The molecule has 0 saturated heterocycles. The normalized spacial score (nSPS) is 10.8. The van der Waals surface area contributed by atoms with Gasteiger partial charge in [0.05, 0.1) is 7.11 Å². The molecule has 3 rings (SSSR count). The number of ether oxygens (including phenoxy) is 1. The second-order valence-electron chi connectivity index (χ2n) is 6.71. The van der Waals surface area contributed by atoms with Crippen LogP contribution in [0.3, 0.4) is 0 Å². The van der Waals surface area contributed by atoms with Gasteiger partial charge < -0.3 is 4.74 Å². The first-order chi connectivity index (χ1) is 13.1. The zero-order chi connectivity index (χ0) is 19.2. The van der Waals surface area contributed by atoms with Crippen molar-refractivity contribution in [1.29, 1.82) is 0 Å². The Morgan fingerprint density at radius 2 is 1.19 bits per heavy atom. The largest absolute Gasteiger partial charge is 0.494 e. The summed E-state index contributed by atoms with van der Waals surface area (Å²) in [5, 5.41) is 0. The maximum absolute atomic E-state index is 14.2. The fourth-order valence-electron chi connectivity index (χ4n) is 3.21. The molecule has 0 unspecified atom stereocenters. The van der Waals surface area contributed by atoms with Crippen molar-refractivity contribution in [3.8, 4) is 16.9 Å². The van der Waals surface area contributed by atoms with Gasteiger partial charge in [0.2, 0.25) is 5.82 Å². The van der Waals surface area contributed by atoms with Crippen molar-refractivity contribution in [2.75, 3.05) is 7.11 Å². The van der Waals surface area contributed by atoms with Crippen LogP contribution in [0.4, 0.5) is 8.78 Å². The molecule has 0 bridgehead atoms. The number of benzene rings is 3. The molecule has 0 aliphatic carbocycles. The molecular weight excluding hydrogens is 342 g/mol. The van der Waals surface area contributed by atoms with E-state index in [0.717, 1.165) is 25.7 Å². The van der Waals surface area contributed by atoms with Gasteiger partial charge >= 0.3 is 0 Å². The van der Waals surface area contributed by atoms with Crippen molar-refractivity contribution < 1.29 is 13.5 Å². The van der Waals surface area contributed by atoms with Crippen LogP contribution >= 0.6 is 0 Å². The van der Waals surface area contributed by atoms with Gasteiger partial charge in [-0.2, -0.15) is 4.39 Å². The lowest BCUT2D eigenvalue weighted by molar-refractivity contribution is 0.372. The van der Waals surface area contributed by atoms with E-state index < -0.39 is 11.6 Å². The van der Waals surface area contributed by atoms with Crippen molar-refractivity contribution in [3.63, 3.8) is 0 Å². The number of halogens is 2. The van der Waals surface area contributed by atoms with E-state index in [1.54, 1.807) is 6.07 Å². The standard InChI is InChI=1S/C24H24F2O/c1-3-4-17-5-7-18(8-6-17)9-10-19-11-13-20(14-12-19)21-15-16-22(27-2)24(26)23(21)25/h5-8,11-16H,3-4,9-10H2,1-2H3. The van der Waals surface area contributed by atoms with Crippen molar-refractivity contribution in [2.45, 2.75) is 32.6 Å². The Kier molecular flexibility index (Phi) is 6.23. The average Bonchev–Trinajstić information content (AvgIpc) is 2.70. The fraction of sp³-hybridized carbons (Fsp3) is 0.250. The SMILES string of the molecule is CCCc1ccc(CCc2ccc(-c3ccc(OC)c(F)c3F)cc2)cc1. The highest BCUT2D eigenvalue weighted by molar-refractivity contribution is 5.65. The average molecular weight is 366 g/mol. The number of rotatable bonds is 7. The van der Waals surface area contributed by atoms with Crippen molar-refractivity contribution in [2.24, 2.45) is 0 Å². The lowest BCUT2D eigenvalue weighted by Crippen LogP contribution is -1.95. The van der Waals surface area contributed by atoms with Crippen molar-refractivity contribution >= 4 is 0 Å². The molecule has 0 fully saturated rings. The van der Waals surface area contributed by atoms with Crippen LogP contribution in [0.1, 0.15) is 30.0 Å². The van der Waals surface area contributed by atoms with Crippen molar-refractivity contribution in [1.82, 2.24) is 0 Å². The zero-order valence-corrected chi connectivity index (χ0v) is 15.8. The van der Waals surface area contributed by atoms with Gasteiger partial charge in [0.25, 0.3) is 0 Å². The molecule has 0 aliphatic heterocycles. The van der Waals surface area contributed by atoms with Crippen LogP contribution < -0.4 is 4.74 Å². The lowest BCUT2D eigenvalue weighted by Gasteiger charge is -2.09. The summed E-state index contributed by atoms with van der Waals surface area (Å²) < 4.78 is 33.0. The van der Waals surface area contributed by atoms with E-state index >= 15 is 0 Å². The highest BCUT2D eigenvalue weighted by Crippen LogP contribution is 2.30. The van der Waals surface area contributed by atoms with Gasteiger partial charge in [-0.25, -0.2) is 4.39 Å². The summed E-state index contributed by atoms with van der Waals surface area (Å²) in [4.78, 5) is 0. The summed E-state index contributed by atoms with van der Waals surface area (Å²) in [7, 11) is 1.32. The van der Waals surface area contributed by atoms with Gasteiger partial charge in [0, 0.05) is 5.56 Å². The minimum absolute atomic E-state index is 0.0853. The smallest absolute Gasteiger partial charge is 0.201 e. The van der Waals surface area contributed by atoms with E-state index in [4.69, 9.17) is 4.74 Å². The summed E-state index contributed by atoms with van der Waals surface area (Å²) in [6.45, 7) is 2.18. The van der Waals surface area contributed by atoms with Crippen LogP contribution in [-0.2, 0) is 19.3 Å². The molecule has 1 nitrogen and oxygen atoms in total. The van der Waals surface area contributed by atoms with Crippen molar-refractivity contribution in [3.05, 3.63) is 89.0 Å². The quantitative estimate of drug-likeness (QED) is 0.471. The fourth-order valence-corrected chi connectivity index (χ4v) is 3.21. The molecular formula is C24H24F2O. The summed E-state index contributed by atoms with van der Waals surface area (Å²) in [6, 6.07) is 19.4. The lowest BCUT2D eigenvalue weighted by atomic mass is 9.99. The first-order valence-corrected chi connectivity index (χ1v) is 9.31. The number of aryl methyl sites for hydroxylation is 3. The maximum atomic E-state index is 14.2. The third-order valence-corrected chi connectivity index (χ3v) is 4.80. The molecule has 0 atom stereocenters. The third kappa shape index (κ3) is 4.54. The van der Waals surface area contributed by atoms with Crippen LogP contribution in [0.15, 0.2) is 60.7 Å². The van der Waals surface area contributed by atoms with Crippen LogP contribution in [0.2, 0.25) is 0 Å². The van der Waals surface area contributed by atoms with E-state index in [1.807, 2.05) is 24.3 Å². The number of hydrogen-bond acceptors (Lipinski definition) is 1. The predicted octanol–water partition coefficient (Wildman–Crippen LogP) is 6.38. The second kappa shape index (κ2) is 8.81. The molecule has 0 radical (unpaired) electrons. The van der Waals surface area contributed by atoms with Gasteiger partial charge in [0.15, 0.2) is 11.6 Å². The molecule has 0 aliphatic rings. The van der Waals surface area contributed by atoms with Gasteiger partial charge in [-0.05, 0) is 53.6 Å². The summed E-state index contributed by atoms with van der Waals surface area (Å²) in [5.41, 5.74) is 4.75.